The van der Waals surface area contributed by atoms with Crippen LogP contribution in [0.1, 0.15) is 52.9 Å². The molecular weight excluding hydrogens is 214 g/mol. The number of aliphatic carboxylic acids is 1. The quantitative estimate of drug-likeness (QED) is 0.805. The van der Waals surface area contributed by atoms with Gasteiger partial charge in [-0.15, -0.1) is 0 Å². The van der Waals surface area contributed by atoms with Gasteiger partial charge in [0.15, 0.2) is 0 Å². The van der Waals surface area contributed by atoms with Crippen LogP contribution in [0, 0.1) is 11.3 Å². The third-order valence-electron chi connectivity index (χ3n) is 4.97. The van der Waals surface area contributed by atoms with Crippen LogP contribution in [0.2, 0.25) is 0 Å². The van der Waals surface area contributed by atoms with E-state index in [0.717, 1.165) is 13.0 Å². The van der Waals surface area contributed by atoms with Crippen molar-refractivity contribution in [2.24, 2.45) is 11.3 Å². The summed E-state index contributed by atoms with van der Waals surface area (Å²) in [5.74, 6) is -0.777. The van der Waals surface area contributed by atoms with Crippen molar-refractivity contribution in [1.82, 2.24) is 4.90 Å². The van der Waals surface area contributed by atoms with Gasteiger partial charge >= 0.3 is 5.97 Å². The van der Waals surface area contributed by atoms with Crippen LogP contribution < -0.4 is 0 Å². The minimum absolute atomic E-state index is 0.160. The van der Waals surface area contributed by atoms with Gasteiger partial charge in [-0.2, -0.15) is 0 Å². The maximum Gasteiger partial charge on any atom is 0.308 e. The van der Waals surface area contributed by atoms with Crippen molar-refractivity contribution in [3.8, 4) is 0 Å². The zero-order valence-corrected chi connectivity index (χ0v) is 11.3. The van der Waals surface area contributed by atoms with E-state index < -0.39 is 5.97 Å². The molecule has 3 heteroatoms. The van der Waals surface area contributed by atoms with E-state index in [1.54, 1.807) is 0 Å². The first kappa shape index (κ1) is 12.9. The summed E-state index contributed by atoms with van der Waals surface area (Å²) in [6.07, 6.45) is 5.97. The Morgan fingerprint density at radius 3 is 2.53 bits per heavy atom. The molecule has 1 heterocycles. The normalized spacial score (nSPS) is 38.2. The van der Waals surface area contributed by atoms with Crippen molar-refractivity contribution in [3.63, 3.8) is 0 Å². The lowest BCUT2D eigenvalue weighted by Gasteiger charge is -2.46. The number of nitrogens with zero attached hydrogens (tertiary/aromatic N) is 1. The van der Waals surface area contributed by atoms with Crippen LogP contribution in [0.25, 0.3) is 0 Å². The molecule has 1 aliphatic carbocycles. The van der Waals surface area contributed by atoms with E-state index in [1.165, 1.54) is 25.7 Å². The first-order chi connectivity index (χ1) is 7.93. The van der Waals surface area contributed by atoms with Crippen molar-refractivity contribution < 1.29 is 9.90 Å². The number of rotatable bonds is 2. The molecule has 3 atom stereocenters. The van der Waals surface area contributed by atoms with Crippen molar-refractivity contribution in [2.45, 2.75) is 65.0 Å². The Morgan fingerprint density at radius 2 is 2.00 bits per heavy atom. The van der Waals surface area contributed by atoms with Gasteiger partial charge in [-0.3, -0.25) is 9.69 Å². The highest BCUT2D eigenvalue weighted by atomic mass is 16.4. The minimum Gasteiger partial charge on any atom is -0.481 e. The number of carboxylic acid groups (broad SMARTS) is 1. The Kier molecular flexibility index (Phi) is 3.48. The van der Waals surface area contributed by atoms with E-state index in [0.29, 0.717) is 11.5 Å². The molecule has 2 fully saturated rings. The number of likely N-dealkylation sites (tertiary alicyclic amines) is 1. The van der Waals surface area contributed by atoms with Crippen molar-refractivity contribution >= 4 is 5.97 Å². The Morgan fingerprint density at radius 1 is 1.29 bits per heavy atom. The zero-order chi connectivity index (χ0) is 12.6. The van der Waals surface area contributed by atoms with E-state index in [-0.39, 0.29) is 12.0 Å². The van der Waals surface area contributed by atoms with Gasteiger partial charge in [-0.25, -0.2) is 0 Å². The Balaban J connectivity index is 2.10. The molecule has 0 spiro atoms. The van der Waals surface area contributed by atoms with Gasteiger partial charge in [0.25, 0.3) is 0 Å². The molecular formula is C14H25NO2. The van der Waals surface area contributed by atoms with E-state index in [1.807, 2.05) is 0 Å². The largest absolute Gasteiger partial charge is 0.481 e. The summed E-state index contributed by atoms with van der Waals surface area (Å²) in [6, 6.07) is 0.783. The fourth-order valence-corrected chi connectivity index (χ4v) is 3.82. The third kappa shape index (κ3) is 2.35. The zero-order valence-electron chi connectivity index (χ0n) is 11.3. The van der Waals surface area contributed by atoms with Crippen LogP contribution in [-0.4, -0.2) is 34.6 Å². The second kappa shape index (κ2) is 4.60. The standard InChI is InChI=1S/C14H25NO2/c1-10-11(13(16)17)7-9-15(10)12-6-4-5-8-14(12,2)3/h10-12H,4-9H2,1-3H3,(H,16,17). The molecule has 0 radical (unpaired) electrons. The van der Waals surface area contributed by atoms with Crippen LogP contribution >= 0.6 is 0 Å². The maximum atomic E-state index is 11.2. The molecule has 2 aliphatic rings. The van der Waals surface area contributed by atoms with Gasteiger partial charge in [-0.1, -0.05) is 26.7 Å². The van der Waals surface area contributed by atoms with Gasteiger partial charge in [0, 0.05) is 12.1 Å². The molecule has 2 rings (SSSR count). The average Bonchev–Trinajstić information content (AvgIpc) is 2.59. The predicted molar refractivity (Wildman–Crippen MR) is 67.9 cm³/mol. The lowest BCUT2D eigenvalue weighted by molar-refractivity contribution is -0.142. The topological polar surface area (TPSA) is 40.5 Å². The fourth-order valence-electron chi connectivity index (χ4n) is 3.82. The fraction of sp³-hybridized carbons (Fsp3) is 0.929. The molecule has 0 aromatic carbocycles. The summed E-state index contributed by atoms with van der Waals surface area (Å²) in [4.78, 5) is 13.6. The molecule has 0 aromatic heterocycles. The lowest BCUT2D eigenvalue weighted by atomic mass is 9.72. The average molecular weight is 239 g/mol. The third-order valence-corrected chi connectivity index (χ3v) is 4.97. The molecule has 1 aliphatic heterocycles. The van der Waals surface area contributed by atoms with E-state index in [9.17, 15) is 9.90 Å². The molecule has 3 nitrogen and oxygen atoms in total. The second-order valence-corrected chi connectivity index (χ2v) is 6.46. The van der Waals surface area contributed by atoms with Crippen LogP contribution in [0.15, 0.2) is 0 Å². The van der Waals surface area contributed by atoms with Gasteiger partial charge in [0.1, 0.15) is 0 Å². The van der Waals surface area contributed by atoms with Crippen LogP contribution in [0.4, 0.5) is 0 Å². The maximum absolute atomic E-state index is 11.2. The summed E-state index contributed by atoms with van der Waals surface area (Å²) in [5.41, 5.74) is 0.347. The first-order valence-corrected chi connectivity index (χ1v) is 6.92. The summed E-state index contributed by atoms with van der Waals surface area (Å²) in [5, 5.41) is 9.20. The highest BCUT2D eigenvalue weighted by Crippen LogP contribution is 2.42. The molecule has 1 saturated carbocycles. The van der Waals surface area contributed by atoms with Gasteiger partial charge in [0.05, 0.1) is 5.92 Å². The van der Waals surface area contributed by atoms with Crippen LogP contribution in [0.3, 0.4) is 0 Å². The first-order valence-electron chi connectivity index (χ1n) is 6.92. The monoisotopic (exact) mass is 239 g/mol. The van der Waals surface area contributed by atoms with Gasteiger partial charge < -0.3 is 5.11 Å². The minimum atomic E-state index is -0.617. The molecule has 0 amide bonds. The SMILES string of the molecule is CC1C(C(=O)O)CCN1C1CCCCC1(C)C. The van der Waals surface area contributed by atoms with E-state index in [4.69, 9.17) is 0 Å². The molecule has 0 aromatic rings. The van der Waals surface area contributed by atoms with E-state index >= 15 is 0 Å². The summed E-state index contributed by atoms with van der Waals surface area (Å²) >= 11 is 0. The lowest BCUT2D eigenvalue weighted by Crippen LogP contribution is -2.49. The van der Waals surface area contributed by atoms with Gasteiger partial charge in [-0.05, 0) is 38.1 Å². The number of hydrogen-bond donors (Lipinski definition) is 1. The van der Waals surface area contributed by atoms with Crippen LogP contribution in [0.5, 0.6) is 0 Å². The smallest absolute Gasteiger partial charge is 0.308 e. The summed E-state index contributed by atoms with van der Waals surface area (Å²) < 4.78 is 0. The molecule has 1 saturated heterocycles. The summed E-state index contributed by atoms with van der Waals surface area (Å²) in [6.45, 7) is 7.75. The number of carbonyl (C=O) groups is 1. The second-order valence-electron chi connectivity index (χ2n) is 6.46. The molecule has 3 unspecified atom stereocenters. The Labute approximate surface area is 104 Å². The Hall–Kier alpha value is -0.570. The van der Waals surface area contributed by atoms with Crippen molar-refractivity contribution in [2.75, 3.05) is 6.54 Å². The predicted octanol–water partition coefficient (Wildman–Crippen LogP) is 2.75. The molecule has 1 N–H and O–H groups in total. The molecule has 17 heavy (non-hydrogen) atoms. The molecule has 0 bridgehead atoms. The Bertz CT molecular complexity index is 301. The molecule has 98 valence electrons. The van der Waals surface area contributed by atoms with Crippen LogP contribution in [-0.2, 0) is 4.79 Å². The van der Waals surface area contributed by atoms with Crippen molar-refractivity contribution in [1.29, 1.82) is 0 Å². The number of carboxylic acids is 1. The van der Waals surface area contributed by atoms with E-state index in [2.05, 4.69) is 25.7 Å². The van der Waals surface area contributed by atoms with Gasteiger partial charge in [0.2, 0.25) is 0 Å². The highest BCUT2D eigenvalue weighted by molar-refractivity contribution is 5.71. The highest BCUT2D eigenvalue weighted by Gasteiger charge is 2.44. The summed E-state index contributed by atoms with van der Waals surface area (Å²) in [7, 11) is 0. The number of hydrogen-bond acceptors (Lipinski definition) is 2. The van der Waals surface area contributed by atoms with Crippen molar-refractivity contribution in [3.05, 3.63) is 0 Å².